The second kappa shape index (κ2) is 5.83. The molecule has 0 aromatic heterocycles. The highest BCUT2D eigenvalue weighted by atomic mass is 32.2. The lowest BCUT2D eigenvalue weighted by atomic mass is 10.2. The Morgan fingerprint density at radius 3 is 2.50 bits per heavy atom. The average Bonchev–Trinajstić information content (AvgIpc) is 2.47. The van der Waals surface area contributed by atoms with E-state index in [9.17, 15) is 18.5 Å². The predicted molar refractivity (Wildman–Crippen MR) is 79.8 cm³/mol. The number of benzene rings is 2. The molecule has 0 unspecified atom stereocenters. The summed E-state index contributed by atoms with van der Waals surface area (Å²) in [4.78, 5) is 10.1. The standard InChI is InChI=1S/C14H11N3O4S/c1-10-8-12(6-7-14(10)17(18)19)22(20,21)16-13-5-3-2-4-11(13)9-15/h2-8,16H,1H3. The van der Waals surface area contributed by atoms with E-state index in [1.807, 2.05) is 6.07 Å². The van der Waals surface area contributed by atoms with Gasteiger partial charge in [0, 0.05) is 11.6 Å². The molecule has 2 aromatic carbocycles. The SMILES string of the molecule is Cc1cc(S(=O)(=O)Nc2ccccc2C#N)ccc1[N+](=O)[O-]. The lowest BCUT2D eigenvalue weighted by Crippen LogP contribution is -2.14. The normalized spacial score (nSPS) is 10.7. The largest absolute Gasteiger partial charge is 0.278 e. The third-order valence-corrected chi connectivity index (χ3v) is 4.33. The van der Waals surface area contributed by atoms with E-state index in [1.54, 1.807) is 12.1 Å². The molecule has 2 rings (SSSR count). The fraction of sp³-hybridized carbons (Fsp3) is 0.0714. The number of nitro benzene ring substituents is 1. The van der Waals surface area contributed by atoms with Gasteiger partial charge in [-0.15, -0.1) is 0 Å². The maximum absolute atomic E-state index is 12.3. The van der Waals surface area contributed by atoms with Crippen molar-refractivity contribution in [1.82, 2.24) is 0 Å². The Labute approximate surface area is 127 Å². The van der Waals surface area contributed by atoms with Crippen LogP contribution in [0.5, 0.6) is 0 Å². The summed E-state index contributed by atoms with van der Waals surface area (Å²) >= 11 is 0. The van der Waals surface area contributed by atoms with Gasteiger partial charge in [-0.3, -0.25) is 14.8 Å². The lowest BCUT2D eigenvalue weighted by Gasteiger charge is -2.10. The third-order valence-electron chi connectivity index (χ3n) is 2.97. The van der Waals surface area contributed by atoms with Crippen LogP contribution in [0.3, 0.4) is 0 Å². The van der Waals surface area contributed by atoms with Gasteiger partial charge >= 0.3 is 0 Å². The summed E-state index contributed by atoms with van der Waals surface area (Å²) < 4.78 is 26.9. The van der Waals surface area contributed by atoms with Crippen LogP contribution in [-0.4, -0.2) is 13.3 Å². The Hall–Kier alpha value is -2.92. The number of nitrogens with one attached hydrogen (secondary N) is 1. The molecule has 22 heavy (non-hydrogen) atoms. The summed E-state index contributed by atoms with van der Waals surface area (Å²) in [6, 6.07) is 11.6. The maximum Gasteiger partial charge on any atom is 0.272 e. The van der Waals surface area contributed by atoms with Crippen molar-refractivity contribution in [3.05, 3.63) is 63.7 Å². The van der Waals surface area contributed by atoms with Crippen LogP contribution in [0.2, 0.25) is 0 Å². The summed E-state index contributed by atoms with van der Waals surface area (Å²) in [5, 5.41) is 19.7. The van der Waals surface area contributed by atoms with Crippen molar-refractivity contribution in [3.63, 3.8) is 0 Å². The van der Waals surface area contributed by atoms with Crippen LogP contribution in [0, 0.1) is 28.4 Å². The van der Waals surface area contributed by atoms with E-state index in [1.165, 1.54) is 25.1 Å². The number of hydrogen-bond donors (Lipinski definition) is 1. The van der Waals surface area contributed by atoms with Crippen LogP contribution in [-0.2, 0) is 10.0 Å². The van der Waals surface area contributed by atoms with Crippen molar-refractivity contribution < 1.29 is 13.3 Å². The zero-order valence-corrected chi connectivity index (χ0v) is 12.3. The Balaban J connectivity index is 2.41. The summed E-state index contributed by atoms with van der Waals surface area (Å²) in [5.41, 5.74) is 0.420. The van der Waals surface area contributed by atoms with Crippen molar-refractivity contribution in [1.29, 1.82) is 5.26 Å². The van der Waals surface area contributed by atoms with Gasteiger partial charge in [-0.25, -0.2) is 8.42 Å². The van der Waals surface area contributed by atoms with Crippen LogP contribution < -0.4 is 4.72 Å². The molecule has 0 spiro atoms. The van der Waals surface area contributed by atoms with Gasteiger partial charge in [0.1, 0.15) is 6.07 Å². The highest BCUT2D eigenvalue weighted by molar-refractivity contribution is 7.92. The molecular weight excluding hydrogens is 306 g/mol. The van der Waals surface area contributed by atoms with Crippen LogP contribution >= 0.6 is 0 Å². The zero-order valence-electron chi connectivity index (χ0n) is 11.5. The number of aryl methyl sites for hydroxylation is 1. The van der Waals surface area contributed by atoms with Gasteiger partial charge in [0.15, 0.2) is 0 Å². The molecule has 0 saturated heterocycles. The van der Waals surface area contributed by atoms with Crippen molar-refractivity contribution in [2.75, 3.05) is 4.72 Å². The minimum absolute atomic E-state index is 0.108. The lowest BCUT2D eigenvalue weighted by molar-refractivity contribution is -0.385. The average molecular weight is 317 g/mol. The minimum atomic E-state index is -3.93. The van der Waals surface area contributed by atoms with E-state index < -0.39 is 14.9 Å². The molecule has 0 radical (unpaired) electrons. The molecule has 0 atom stereocenters. The van der Waals surface area contributed by atoms with Gasteiger partial charge in [0.25, 0.3) is 15.7 Å². The Morgan fingerprint density at radius 2 is 1.91 bits per heavy atom. The minimum Gasteiger partial charge on any atom is -0.278 e. The number of anilines is 1. The van der Waals surface area contributed by atoms with Crippen molar-refractivity contribution in [2.45, 2.75) is 11.8 Å². The first-order valence-corrected chi connectivity index (χ1v) is 7.60. The number of nitrogens with zero attached hydrogens (tertiary/aromatic N) is 2. The van der Waals surface area contributed by atoms with Crippen molar-refractivity contribution >= 4 is 21.4 Å². The quantitative estimate of drug-likeness (QED) is 0.687. The smallest absolute Gasteiger partial charge is 0.272 e. The summed E-state index contributed by atoms with van der Waals surface area (Å²) in [5.74, 6) is 0. The first kappa shape index (κ1) is 15.5. The first-order valence-electron chi connectivity index (χ1n) is 6.12. The third kappa shape index (κ3) is 3.05. The van der Waals surface area contributed by atoms with E-state index in [0.717, 1.165) is 12.1 Å². The molecule has 8 heteroatoms. The summed E-state index contributed by atoms with van der Waals surface area (Å²) in [7, 11) is -3.93. The Kier molecular flexibility index (Phi) is 4.10. The van der Waals surface area contributed by atoms with E-state index in [2.05, 4.69) is 4.72 Å². The van der Waals surface area contributed by atoms with Crippen LogP contribution in [0.1, 0.15) is 11.1 Å². The van der Waals surface area contributed by atoms with Gasteiger partial charge in [0.05, 0.1) is 21.1 Å². The molecule has 0 bridgehead atoms. The molecule has 0 aliphatic rings. The van der Waals surface area contributed by atoms with Crippen molar-refractivity contribution in [3.8, 4) is 6.07 Å². The second-order valence-electron chi connectivity index (χ2n) is 4.47. The van der Waals surface area contributed by atoms with Gasteiger partial charge in [-0.1, -0.05) is 12.1 Å². The highest BCUT2D eigenvalue weighted by Crippen LogP contribution is 2.24. The zero-order chi connectivity index (χ0) is 16.3. The fourth-order valence-corrected chi connectivity index (χ4v) is 3.04. The van der Waals surface area contributed by atoms with Crippen LogP contribution in [0.25, 0.3) is 0 Å². The molecule has 7 nitrogen and oxygen atoms in total. The highest BCUT2D eigenvalue weighted by Gasteiger charge is 2.19. The van der Waals surface area contributed by atoms with Gasteiger partial charge in [0.2, 0.25) is 0 Å². The van der Waals surface area contributed by atoms with E-state index in [0.29, 0.717) is 0 Å². The molecule has 2 aromatic rings. The molecule has 112 valence electrons. The summed E-state index contributed by atoms with van der Waals surface area (Å²) in [6.07, 6.45) is 0. The predicted octanol–water partition coefficient (Wildman–Crippen LogP) is 2.58. The molecule has 0 heterocycles. The number of para-hydroxylation sites is 1. The van der Waals surface area contributed by atoms with E-state index in [4.69, 9.17) is 5.26 Å². The van der Waals surface area contributed by atoms with E-state index in [-0.39, 0.29) is 27.4 Å². The summed E-state index contributed by atoms with van der Waals surface area (Å²) in [6.45, 7) is 1.46. The molecule has 1 N–H and O–H groups in total. The van der Waals surface area contributed by atoms with Gasteiger partial charge < -0.3 is 0 Å². The molecule has 0 aliphatic heterocycles. The topological polar surface area (TPSA) is 113 Å². The van der Waals surface area contributed by atoms with E-state index >= 15 is 0 Å². The van der Waals surface area contributed by atoms with Crippen LogP contribution in [0.4, 0.5) is 11.4 Å². The van der Waals surface area contributed by atoms with Gasteiger partial charge in [-0.2, -0.15) is 5.26 Å². The number of nitro groups is 1. The number of hydrogen-bond acceptors (Lipinski definition) is 5. The Morgan fingerprint density at radius 1 is 1.23 bits per heavy atom. The molecular formula is C14H11N3O4S. The number of rotatable bonds is 4. The first-order chi connectivity index (χ1) is 10.3. The molecule has 0 saturated carbocycles. The fourth-order valence-electron chi connectivity index (χ4n) is 1.87. The molecule has 0 amide bonds. The Bertz CT molecular complexity index is 885. The number of nitriles is 1. The van der Waals surface area contributed by atoms with Crippen LogP contribution in [0.15, 0.2) is 47.4 Å². The second-order valence-corrected chi connectivity index (χ2v) is 6.15. The number of sulfonamides is 1. The van der Waals surface area contributed by atoms with Crippen molar-refractivity contribution in [2.24, 2.45) is 0 Å². The monoisotopic (exact) mass is 317 g/mol. The maximum atomic E-state index is 12.3. The molecule has 0 aliphatic carbocycles. The van der Waals surface area contributed by atoms with Gasteiger partial charge in [-0.05, 0) is 31.2 Å². The molecule has 0 fully saturated rings.